The van der Waals surface area contributed by atoms with E-state index in [-0.39, 0.29) is 6.79 Å². The Bertz CT molecular complexity index is 754. The zero-order chi connectivity index (χ0) is 14.9. The molecule has 5 nitrogen and oxygen atoms in total. The Labute approximate surface area is 123 Å². The van der Waals surface area contributed by atoms with Crippen molar-refractivity contribution in [2.75, 3.05) is 18.4 Å². The third-order valence-electron chi connectivity index (χ3n) is 3.24. The molecule has 0 saturated carbocycles. The second-order valence-electron chi connectivity index (χ2n) is 4.80. The van der Waals surface area contributed by atoms with Crippen LogP contribution in [0.1, 0.15) is 5.56 Å². The fourth-order valence-corrected chi connectivity index (χ4v) is 2.78. The summed E-state index contributed by atoms with van der Waals surface area (Å²) >= 11 is 0. The van der Waals surface area contributed by atoms with Crippen molar-refractivity contribution in [1.29, 1.82) is 0 Å². The number of hydrogen-bond acceptors (Lipinski definition) is 5. The molecule has 0 bridgehead atoms. The molecule has 0 aliphatic carbocycles. The van der Waals surface area contributed by atoms with Crippen molar-refractivity contribution >= 4 is 15.5 Å². The van der Waals surface area contributed by atoms with Crippen molar-refractivity contribution in [2.45, 2.75) is 11.4 Å². The first-order valence-electron chi connectivity index (χ1n) is 6.45. The van der Waals surface area contributed by atoms with Gasteiger partial charge in [0.2, 0.25) is 6.79 Å². The molecular formula is C15H15NO4S. The molecule has 0 saturated heterocycles. The van der Waals surface area contributed by atoms with E-state index in [9.17, 15) is 8.42 Å². The summed E-state index contributed by atoms with van der Waals surface area (Å²) in [6.07, 6.45) is 1.19. The van der Waals surface area contributed by atoms with E-state index in [0.29, 0.717) is 11.4 Å². The van der Waals surface area contributed by atoms with Gasteiger partial charge < -0.3 is 14.8 Å². The lowest BCUT2D eigenvalue weighted by Crippen LogP contribution is -2.02. The van der Waals surface area contributed by atoms with Crippen LogP contribution in [0.25, 0.3) is 0 Å². The molecule has 0 unspecified atom stereocenters. The van der Waals surface area contributed by atoms with Crippen LogP contribution in [0.15, 0.2) is 47.4 Å². The second-order valence-corrected chi connectivity index (χ2v) is 6.82. The zero-order valence-electron chi connectivity index (χ0n) is 11.5. The summed E-state index contributed by atoms with van der Waals surface area (Å²) in [5.74, 6) is 1.51. The van der Waals surface area contributed by atoms with Crippen LogP contribution >= 0.6 is 0 Å². The number of nitrogens with one attached hydrogen (secondary N) is 1. The van der Waals surface area contributed by atoms with E-state index in [2.05, 4.69) is 5.32 Å². The molecule has 6 heteroatoms. The van der Waals surface area contributed by atoms with E-state index in [1.165, 1.54) is 6.26 Å². The Morgan fingerprint density at radius 1 is 1.10 bits per heavy atom. The highest BCUT2D eigenvalue weighted by atomic mass is 32.2. The van der Waals surface area contributed by atoms with Crippen molar-refractivity contribution in [3.63, 3.8) is 0 Å². The molecule has 1 aliphatic rings. The standard InChI is InChI=1S/C15H15NO4S/c1-21(17,18)13-7-5-12(6-8-13)16-9-11-3-2-4-14-15(11)20-10-19-14/h2-8,16H,9-10H2,1H3. The summed E-state index contributed by atoms with van der Waals surface area (Å²) in [4.78, 5) is 0.311. The fourth-order valence-electron chi connectivity index (χ4n) is 2.15. The van der Waals surface area contributed by atoms with Gasteiger partial charge in [0.05, 0.1) is 4.90 Å². The number of rotatable bonds is 4. The number of benzene rings is 2. The van der Waals surface area contributed by atoms with Crippen molar-refractivity contribution in [1.82, 2.24) is 0 Å². The number of sulfone groups is 1. The summed E-state index contributed by atoms with van der Waals surface area (Å²) < 4.78 is 33.6. The van der Waals surface area contributed by atoms with Crippen LogP contribution in [0.3, 0.4) is 0 Å². The topological polar surface area (TPSA) is 64.6 Å². The molecule has 0 spiro atoms. The maximum Gasteiger partial charge on any atom is 0.231 e. The van der Waals surface area contributed by atoms with Crippen LogP contribution in [0.4, 0.5) is 5.69 Å². The molecule has 0 radical (unpaired) electrons. The summed E-state index contributed by atoms with van der Waals surface area (Å²) in [6, 6.07) is 12.4. The van der Waals surface area contributed by atoms with Gasteiger partial charge in [0, 0.05) is 24.1 Å². The third kappa shape index (κ3) is 2.95. The Hall–Kier alpha value is -2.21. The normalized spacial score (nSPS) is 13.2. The van der Waals surface area contributed by atoms with Gasteiger partial charge in [-0.05, 0) is 30.3 Å². The molecule has 1 N–H and O–H groups in total. The molecular weight excluding hydrogens is 290 g/mol. The van der Waals surface area contributed by atoms with E-state index in [0.717, 1.165) is 22.7 Å². The minimum Gasteiger partial charge on any atom is -0.454 e. The quantitative estimate of drug-likeness (QED) is 0.940. The number of ether oxygens (including phenoxy) is 2. The van der Waals surface area contributed by atoms with Gasteiger partial charge in [-0.1, -0.05) is 12.1 Å². The van der Waals surface area contributed by atoms with Gasteiger partial charge in [-0.2, -0.15) is 0 Å². The maximum atomic E-state index is 11.4. The fraction of sp³-hybridized carbons (Fsp3) is 0.200. The van der Waals surface area contributed by atoms with Gasteiger partial charge in [0.15, 0.2) is 21.3 Å². The van der Waals surface area contributed by atoms with Crippen molar-refractivity contribution in [3.8, 4) is 11.5 Å². The van der Waals surface area contributed by atoms with Crippen molar-refractivity contribution in [2.24, 2.45) is 0 Å². The number of hydrogen-bond donors (Lipinski definition) is 1. The van der Waals surface area contributed by atoms with Gasteiger partial charge in [-0.25, -0.2) is 8.42 Å². The highest BCUT2D eigenvalue weighted by Gasteiger charge is 2.16. The van der Waals surface area contributed by atoms with Crippen LogP contribution in [-0.4, -0.2) is 21.5 Å². The van der Waals surface area contributed by atoms with Crippen molar-refractivity contribution in [3.05, 3.63) is 48.0 Å². The molecule has 3 rings (SSSR count). The lowest BCUT2D eigenvalue weighted by molar-refractivity contribution is 0.173. The molecule has 1 aliphatic heterocycles. The highest BCUT2D eigenvalue weighted by molar-refractivity contribution is 7.90. The summed E-state index contributed by atoms with van der Waals surface area (Å²) in [5, 5.41) is 3.24. The van der Waals surface area contributed by atoms with E-state index in [1.54, 1.807) is 24.3 Å². The molecule has 0 aromatic heterocycles. The van der Waals surface area contributed by atoms with Crippen LogP contribution < -0.4 is 14.8 Å². The van der Waals surface area contributed by atoms with E-state index >= 15 is 0 Å². The summed E-state index contributed by atoms with van der Waals surface area (Å²) in [5.41, 5.74) is 1.84. The number of fused-ring (bicyclic) bond motifs is 1. The Morgan fingerprint density at radius 3 is 2.57 bits per heavy atom. The second kappa shape index (κ2) is 5.29. The molecule has 110 valence electrons. The molecule has 2 aromatic carbocycles. The van der Waals surface area contributed by atoms with Crippen LogP contribution in [0, 0.1) is 0 Å². The smallest absolute Gasteiger partial charge is 0.231 e. The van der Waals surface area contributed by atoms with Crippen LogP contribution in [0.5, 0.6) is 11.5 Å². The minimum absolute atomic E-state index is 0.245. The number of anilines is 1. The predicted octanol–water partition coefficient (Wildman–Crippen LogP) is 2.43. The van der Waals surface area contributed by atoms with Gasteiger partial charge in [-0.3, -0.25) is 0 Å². The molecule has 0 fully saturated rings. The van der Waals surface area contributed by atoms with Gasteiger partial charge in [0.1, 0.15) is 0 Å². The van der Waals surface area contributed by atoms with Gasteiger partial charge in [-0.15, -0.1) is 0 Å². The third-order valence-corrected chi connectivity index (χ3v) is 4.37. The highest BCUT2D eigenvalue weighted by Crippen LogP contribution is 2.35. The largest absolute Gasteiger partial charge is 0.454 e. The monoisotopic (exact) mass is 305 g/mol. The van der Waals surface area contributed by atoms with Gasteiger partial charge in [0.25, 0.3) is 0 Å². The SMILES string of the molecule is CS(=O)(=O)c1ccc(NCc2cccc3c2OCO3)cc1. The Morgan fingerprint density at radius 2 is 1.86 bits per heavy atom. The minimum atomic E-state index is -3.16. The van der Waals surface area contributed by atoms with Crippen LogP contribution in [-0.2, 0) is 16.4 Å². The Kier molecular flexibility index (Phi) is 3.47. The molecule has 0 amide bonds. The lowest BCUT2D eigenvalue weighted by Gasteiger charge is -2.09. The average molecular weight is 305 g/mol. The lowest BCUT2D eigenvalue weighted by atomic mass is 10.2. The summed E-state index contributed by atoms with van der Waals surface area (Å²) in [7, 11) is -3.16. The van der Waals surface area contributed by atoms with Crippen molar-refractivity contribution < 1.29 is 17.9 Å². The maximum absolute atomic E-state index is 11.4. The average Bonchev–Trinajstić information content (AvgIpc) is 2.93. The molecule has 21 heavy (non-hydrogen) atoms. The van der Waals surface area contributed by atoms with Gasteiger partial charge >= 0.3 is 0 Å². The summed E-state index contributed by atoms with van der Waals surface area (Å²) in [6.45, 7) is 0.820. The van der Waals surface area contributed by atoms with E-state index < -0.39 is 9.84 Å². The predicted molar refractivity (Wildman–Crippen MR) is 79.4 cm³/mol. The Balaban J connectivity index is 1.73. The molecule has 2 aromatic rings. The number of para-hydroxylation sites is 1. The molecule has 0 atom stereocenters. The zero-order valence-corrected chi connectivity index (χ0v) is 12.3. The van der Waals surface area contributed by atoms with E-state index in [4.69, 9.17) is 9.47 Å². The molecule has 1 heterocycles. The van der Waals surface area contributed by atoms with Crippen LogP contribution in [0.2, 0.25) is 0 Å². The first-order chi connectivity index (χ1) is 10.0. The first kappa shape index (κ1) is 13.8. The van der Waals surface area contributed by atoms with E-state index in [1.807, 2.05) is 18.2 Å². The first-order valence-corrected chi connectivity index (χ1v) is 8.35.